The van der Waals surface area contributed by atoms with Crippen LogP contribution in [0, 0.1) is 5.41 Å². The molecular formula is C15H25ClN2O2. The van der Waals surface area contributed by atoms with Gasteiger partial charge in [0.2, 0.25) is 0 Å². The third-order valence-electron chi connectivity index (χ3n) is 3.91. The number of carbonyl (C=O) groups is 1. The Labute approximate surface area is 127 Å². The maximum atomic E-state index is 12.0. The molecule has 1 amide bonds. The molecule has 0 atom stereocenters. The Bertz CT molecular complexity index is 395. The summed E-state index contributed by atoms with van der Waals surface area (Å²) in [5.41, 5.74) is 6.93. The van der Waals surface area contributed by atoms with Crippen LogP contribution in [0.1, 0.15) is 42.6 Å². The molecule has 0 aromatic heterocycles. The van der Waals surface area contributed by atoms with Gasteiger partial charge in [-0.3, -0.25) is 4.79 Å². The molecule has 0 heterocycles. The zero-order valence-electron chi connectivity index (χ0n) is 12.2. The molecule has 0 aliphatic rings. The van der Waals surface area contributed by atoms with Crippen LogP contribution in [0.2, 0.25) is 0 Å². The molecule has 0 spiro atoms. The van der Waals surface area contributed by atoms with Crippen molar-refractivity contribution in [3.05, 3.63) is 35.4 Å². The highest BCUT2D eigenvalue weighted by molar-refractivity contribution is 5.94. The Hall–Kier alpha value is -1.10. The van der Waals surface area contributed by atoms with E-state index in [0.717, 1.165) is 18.4 Å². The molecule has 5 heteroatoms. The first-order chi connectivity index (χ1) is 9.10. The number of carbonyl (C=O) groups excluding carboxylic acids is 1. The Morgan fingerprint density at radius 2 is 1.80 bits per heavy atom. The molecule has 4 N–H and O–H groups in total. The predicted molar refractivity (Wildman–Crippen MR) is 84.0 cm³/mol. The Balaban J connectivity index is 0.00000361. The molecule has 0 saturated carbocycles. The highest BCUT2D eigenvalue weighted by Gasteiger charge is 2.25. The lowest BCUT2D eigenvalue weighted by atomic mass is 9.83. The third-order valence-corrected chi connectivity index (χ3v) is 3.91. The van der Waals surface area contributed by atoms with Gasteiger partial charge in [-0.05, 0) is 30.5 Å². The number of hydrogen-bond donors (Lipinski definition) is 3. The highest BCUT2D eigenvalue weighted by atomic mass is 35.5. The lowest BCUT2D eigenvalue weighted by Crippen LogP contribution is -2.39. The number of benzene rings is 1. The van der Waals surface area contributed by atoms with Gasteiger partial charge in [-0.15, -0.1) is 12.4 Å². The maximum Gasteiger partial charge on any atom is 0.251 e. The van der Waals surface area contributed by atoms with Crippen LogP contribution in [0.5, 0.6) is 0 Å². The van der Waals surface area contributed by atoms with Crippen LogP contribution in [0.3, 0.4) is 0 Å². The Morgan fingerprint density at radius 3 is 2.20 bits per heavy atom. The summed E-state index contributed by atoms with van der Waals surface area (Å²) < 4.78 is 0. The van der Waals surface area contributed by atoms with E-state index >= 15 is 0 Å². The molecule has 1 aromatic carbocycles. The van der Waals surface area contributed by atoms with E-state index < -0.39 is 0 Å². The van der Waals surface area contributed by atoms with Gasteiger partial charge in [0, 0.05) is 24.1 Å². The number of halogens is 1. The van der Waals surface area contributed by atoms with E-state index in [1.54, 1.807) is 12.1 Å². The molecule has 0 fully saturated rings. The van der Waals surface area contributed by atoms with E-state index in [1.807, 2.05) is 26.0 Å². The number of aliphatic hydroxyl groups excluding tert-OH is 1. The lowest BCUT2D eigenvalue weighted by Gasteiger charge is -2.29. The van der Waals surface area contributed by atoms with Crippen molar-refractivity contribution in [1.29, 1.82) is 0 Å². The number of hydrogen-bond acceptors (Lipinski definition) is 3. The van der Waals surface area contributed by atoms with Crippen LogP contribution in [0.25, 0.3) is 0 Å². The van der Waals surface area contributed by atoms with Gasteiger partial charge in [-0.1, -0.05) is 26.0 Å². The van der Waals surface area contributed by atoms with Crippen molar-refractivity contribution in [1.82, 2.24) is 5.32 Å². The van der Waals surface area contributed by atoms with Crippen molar-refractivity contribution in [2.45, 2.75) is 33.2 Å². The smallest absolute Gasteiger partial charge is 0.251 e. The highest BCUT2D eigenvalue weighted by Crippen LogP contribution is 2.24. The summed E-state index contributed by atoms with van der Waals surface area (Å²) in [4.78, 5) is 12.0. The number of rotatable bonds is 7. The molecule has 4 nitrogen and oxygen atoms in total. The molecule has 20 heavy (non-hydrogen) atoms. The second kappa shape index (κ2) is 8.95. The van der Waals surface area contributed by atoms with Gasteiger partial charge in [0.25, 0.3) is 5.91 Å². The summed E-state index contributed by atoms with van der Waals surface area (Å²) in [5.74, 6) is -0.108. The predicted octanol–water partition coefficient (Wildman–Crippen LogP) is 2.10. The Kier molecular flexibility index (Phi) is 8.46. The molecule has 114 valence electrons. The van der Waals surface area contributed by atoms with E-state index in [1.165, 1.54) is 0 Å². The van der Waals surface area contributed by atoms with Crippen molar-refractivity contribution in [3.63, 3.8) is 0 Å². The van der Waals surface area contributed by atoms with Gasteiger partial charge in [0.15, 0.2) is 0 Å². The fraction of sp³-hybridized carbons (Fsp3) is 0.533. The van der Waals surface area contributed by atoms with Crippen molar-refractivity contribution in [2.24, 2.45) is 11.1 Å². The van der Waals surface area contributed by atoms with Gasteiger partial charge < -0.3 is 16.2 Å². The average molecular weight is 301 g/mol. The van der Waals surface area contributed by atoms with Crippen LogP contribution in [0.4, 0.5) is 0 Å². The van der Waals surface area contributed by atoms with Crippen LogP contribution in [0.15, 0.2) is 24.3 Å². The van der Waals surface area contributed by atoms with Gasteiger partial charge in [-0.2, -0.15) is 0 Å². The fourth-order valence-electron chi connectivity index (χ4n) is 1.94. The van der Waals surface area contributed by atoms with Crippen LogP contribution < -0.4 is 11.1 Å². The summed E-state index contributed by atoms with van der Waals surface area (Å²) >= 11 is 0. The summed E-state index contributed by atoms with van der Waals surface area (Å²) in [6.07, 6.45) is 1.68. The summed E-state index contributed by atoms with van der Waals surface area (Å²) in [6, 6.07) is 7.26. The molecule has 1 rings (SSSR count). The molecule has 1 aromatic rings. The van der Waals surface area contributed by atoms with E-state index in [9.17, 15) is 9.90 Å². The third kappa shape index (κ3) is 4.78. The first-order valence-electron chi connectivity index (χ1n) is 6.79. The largest absolute Gasteiger partial charge is 0.396 e. The van der Waals surface area contributed by atoms with Crippen molar-refractivity contribution < 1.29 is 9.90 Å². The monoisotopic (exact) mass is 300 g/mol. The van der Waals surface area contributed by atoms with E-state index in [2.05, 4.69) is 5.32 Å². The average Bonchev–Trinajstić information content (AvgIpc) is 2.49. The van der Waals surface area contributed by atoms with Gasteiger partial charge in [-0.25, -0.2) is 0 Å². The van der Waals surface area contributed by atoms with Gasteiger partial charge >= 0.3 is 0 Å². The fourth-order valence-corrected chi connectivity index (χ4v) is 1.94. The minimum absolute atomic E-state index is 0. The Morgan fingerprint density at radius 1 is 1.25 bits per heavy atom. The first-order valence-corrected chi connectivity index (χ1v) is 6.79. The zero-order chi connectivity index (χ0) is 14.3. The number of amides is 1. The van der Waals surface area contributed by atoms with Crippen LogP contribution in [-0.4, -0.2) is 24.2 Å². The second-order valence-corrected chi connectivity index (χ2v) is 4.95. The van der Waals surface area contributed by atoms with E-state index in [-0.39, 0.29) is 30.3 Å². The van der Waals surface area contributed by atoms with Crippen molar-refractivity contribution in [2.75, 3.05) is 13.2 Å². The molecule has 0 radical (unpaired) electrons. The zero-order valence-corrected chi connectivity index (χ0v) is 13.0. The summed E-state index contributed by atoms with van der Waals surface area (Å²) in [7, 11) is 0. The topological polar surface area (TPSA) is 75.3 Å². The summed E-state index contributed by atoms with van der Waals surface area (Å²) in [6.45, 7) is 5.12. The minimum atomic E-state index is -0.215. The lowest BCUT2D eigenvalue weighted by molar-refractivity contribution is 0.0851. The van der Waals surface area contributed by atoms with Crippen LogP contribution in [-0.2, 0) is 6.54 Å². The van der Waals surface area contributed by atoms with Crippen molar-refractivity contribution in [3.8, 4) is 0 Å². The molecular weight excluding hydrogens is 276 g/mol. The van der Waals surface area contributed by atoms with Gasteiger partial charge in [0.05, 0.1) is 6.61 Å². The summed E-state index contributed by atoms with van der Waals surface area (Å²) in [5, 5.41) is 12.4. The molecule has 0 bridgehead atoms. The quantitative estimate of drug-likeness (QED) is 0.722. The van der Waals surface area contributed by atoms with Crippen LogP contribution >= 0.6 is 12.4 Å². The minimum Gasteiger partial charge on any atom is -0.396 e. The number of nitrogens with two attached hydrogens (primary N) is 1. The maximum absolute atomic E-state index is 12.0. The van der Waals surface area contributed by atoms with E-state index in [0.29, 0.717) is 18.7 Å². The van der Waals surface area contributed by atoms with Crippen molar-refractivity contribution >= 4 is 18.3 Å². The molecule has 0 unspecified atom stereocenters. The SMILES string of the molecule is CCC(CC)(CO)CNC(=O)c1ccc(CN)cc1.Cl. The normalized spacial score (nSPS) is 10.8. The molecule has 0 aliphatic carbocycles. The van der Waals surface area contributed by atoms with Gasteiger partial charge in [0.1, 0.15) is 0 Å². The molecule has 0 aliphatic heterocycles. The standard InChI is InChI=1S/C15H24N2O2.ClH/c1-3-15(4-2,11-18)10-17-14(19)13-7-5-12(9-16)6-8-13;/h5-8,18H,3-4,9-11,16H2,1-2H3,(H,17,19);1H. The first kappa shape index (κ1) is 18.9. The number of aliphatic hydroxyl groups is 1. The van der Waals surface area contributed by atoms with E-state index in [4.69, 9.17) is 5.73 Å². The molecule has 0 saturated heterocycles. The number of nitrogens with one attached hydrogen (secondary N) is 1. The second-order valence-electron chi connectivity index (χ2n) is 4.95.